The molecule has 1 aromatic heterocycles. The summed E-state index contributed by atoms with van der Waals surface area (Å²) in [7, 11) is 0. The van der Waals surface area contributed by atoms with E-state index in [9.17, 15) is 14.4 Å². The lowest BCUT2D eigenvalue weighted by Crippen LogP contribution is -2.37. The molecule has 3 atom stereocenters. The van der Waals surface area contributed by atoms with Gasteiger partial charge in [-0.25, -0.2) is 9.59 Å². The molecule has 3 rings (SSSR count). The first-order valence-corrected chi connectivity index (χ1v) is 12.9. The molecule has 1 aliphatic heterocycles. The third-order valence-electron chi connectivity index (χ3n) is 5.90. The van der Waals surface area contributed by atoms with Crippen LogP contribution in [0.1, 0.15) is 58.7 Å². The number of nitrogens with one attached hydrogen (secondary N) is 1. The Morgan fingerprint density at radius 1 is 1.24 bits per heavy atom. The van der Waals surface area contributed by atoms with E-state index in [1.807, 2.05) is 58.0 Å². The summed E-state index contributed by atoms with van der Waals surface area (Å²) in [5.41, 5.74) is -0.170. The fraction of sp³-hybridized carbons (Fsp3) is 0.556. The quantitative estimate of drug-likeness (QED) is 0.423. The first-order valence-electron chi connectivity index (χ1n) is 12.9. The van der Waals surface area contributed by atoms with Crippen LogP contribution >= 0.6 is 0 Å². The number of benzene rings is 1. The molecule has 2 amide bonds. The number of nitrogens with zero attached hydrogens (tertiary/aromatic N) is 3. The maximum Gasteiger partial charge on any atom is 0.410 e. The number of aliphatic hydroxyl groups is 1. The normalized spacial score (nSPS) is 18.1. The van der Waals surface area contributed by atoms with Crippen LogP contribution in [0.2, 0.25) is 0 Å². The lowest BCUT2D eigenvalue weighted by atomic mass is 10.0. The summed E-state index contributed by atoms with van der Waals surface area (Å²) in [4.78, 5) is 43.4. The minimum atomic E-state index is -0.776. The summed E-state index contributed by atoms with van der Waals surface area (Å²) in [6.45, 7) is 8.09. The van der Waals surface area contributed by atoms with Crippen LogP contribution in [-0.4, -0.2) is 63.2 Å². The zero-order valence-corrected chi connectivity index (χ0v) is 22.5. The highest BCUT2D eigenvalue weighted by molar-refractivity contribution is 5.91. The lowest BCUT2D eigenvalue weighted by molar-refractivity contribution is -0.119. The molecule has 38 heavy (non-hydrogen) atoms. The Balaban J connectivity index is 1.48. The van der Waals surface area contributed by atoms with Crippen molar-refractivity contribution in [3.63, 3.8) is 0 Å². The van der Waals surface area contributed by atoms with Gasteiger partial charge in [0.2, 0.25) is 5.91 Å². The minimum absolute atomic E-state index is 0.117. The Labute approximate surface area is 222 Å². The standard InChI is InChI=1S/C27H38N4O7/c1-19(24(33)28-21-13-15-31(25(34)29-21)22-18-36-23(17-32)37-22)10-8-9-14-30(26(35)38-27(2,3)4)16-20-11-6-5-7-12-20/h5-7,11-13,15,19,22-23,32H,8-10,14,16-18H2,1-4H3,(H,28,29,33,34)/t19?,22-,23-/m0/s1. The molecule has 0 spiro atoms. The summed E-state index contributed by atoms with van der Waals surface area (Å²) in [5, 5.41) is 11.8. The number of aromatic nitrogens is 2. The molecule has 1 saturated heterocycles. The van der Waals surface area contributed by atoms with Crippen molar-refractivity contribution in [3.8, 4) is 0 Å². The number of rotatable bonds is 11. The fourth-order valence-electron chi connectivity index (χ4n) is 3.89. The smallest absolute Gasteiger partial charge is 0.410 e. The zero-order valence-electron chi connectivity index (χ0n) is 22.5. The van der Waals surface area contributed by atoms with Gasteiger partial charge in [-0.3, -0.25) is 9.36 Å². The average molecular weight is 531 g/mol. The minimum Gasteiger partial charge on any atom is -0.444 e. The molecule has 11 heteroatoms. The van der Waals surface area contributed by atoms with Gasteiger partial charge in [0, 0.05) is 25.2 Å². The second-order valence-corrected chi connectivity index (χ2v) is 10.3. The van der Waals surface area contributed by atoms with E-state index in [0.29, 0.717) is 25.9 Å². The number of unbranched alkanes of at least 4 members (excludes halogenated alkanes) is 1. The molecule has 1 fully saturated rings. The maximum absolute atomic E-state index is 12.7. The van der Waals surface area contributed by atoms with Crippen LogP contribution in [-0.2, 0) is 25.5 Å². The SMILES string of the molecule is CC(CCCCN(Cc1ccccc1)C(=O)OC(C)(C)C)C(=O)Nc1ccn([C@@H]2CO[C@H](CO)O2)c(=O)n1. The number of amides is 2. The summed E-state index contributed by atoms with van der Waals surface area (Å²) < 4.78 is 17.5. The van der Waals surface area contributed by atoms with Crippen molar-refractivity contribution in [3.05, 3.63) is 58.6 Å². The number of carbonyl (C=O) groups excluding carboxylic acids is 2. The van der Waals surface area contributed by atoms with Gasteiger partial charge in [0.25, 0.3) is 0 Å². The predicted molar refractivity (Wildman–Crippen MR) is 140 cm³/mol. The number of ether oxygens (including phenoxy) is 3. The van der Waals surface area contributed by atoms with Crippen molar-refractivity contribution in [2.24, 2.45) is 5.92 Å². The first-order chi connectivity index (χ1) is 18.1. The van der Waals surface area contributed by atoms with Gasteiger partial charge in [-0.15, -0.1) is 0 Å². The Morgan fingerprint density at radius 3 is 2.61 bits per heavy atom. The van der Waals surface area contributed by atoms with E-state index in [1.54, 1.807) is 4.90 Å². The molecule has 0 aliphatic carbocycles. The molecule has 2 N–H and O–H groups in total. The molecule has 0 saturated carbocycles. The van der Waals surface area contributed by atoms with E-state index in [2.05, 4.69) is 10.3 Å². The van der Waals surface area contributed by atoms with Crippen molar-refractivity contribution >= 4 is 17.8 Å². The molecule has 1 aromatic carbocycles. The largest absolute Gasteiger partial charge is 0.444 e. The molecule has 11 nitrogen and oxygen atoms in total. The molecule has 2 aromatic rings. The monoisotopic (exact) mass is 530 g/mol. The van der Waals surface area contributed by atoms with Crippen LogP contribution in [0.15, 0.2) is 47.4 Å². The Hall–Kier alpha value is -3.28. The van der Waals surface area contributed by atoms with Gasteiger partial charge >= 0.3 is 11.8 Å². The highest BCUT2D eigenvalue weighted by Gasteiger charge is 2.28. The number of aliphatic hydroxyl groups excluding tert-OH is 1. The molecule has 2 heterocycles. The maximum atomic E-state index is 12.7. The number of anilines is 1. The van der Waals surface area contributed by atoms with Crippen molar-refractivity contribution in [2.75, 3.05) is 25.1 Å². The van der Waals surface area contributed by atoms with Gasteiger partial charge in [-0.05, 0) is 45.2 Å². The number of hydrogen-bond acceptors (Lipinski definition) is 8. The Kier molecular flexibility index (Phi) is 10.4. The van der Waals surface area contributed by atoms with Gasteiger partial charge in [-0.1, -0.05) is 43.7 Å². The topological polar surface area (TPSA) is 132 Å². The van der Waals surface area contributed by atoms with E-state index >= 15 is 0 Å². The predicted octanol–water partition coefficient (Wildman–Crippen LogP) is 3.29. The van der Waals surface area contributed by atoms with E-state index in [1.165, 1.54) is 16.8 Å². The highest BCUT2D eigenvalue weighted by Crippen LogP contribution is 2.20. The summed E-state index contributed by atoms with van der Waals surface area (Å²) in [6.07, 6.45) is 1.68. The van der Waals surface area contributed by atoms with Gasteiger partial charge in [0.15, 0.2) is 12.5 Å². The Morgan fingerprint density at radius 2 is 1.97 bits per heavy atom. The number of hydrogen-bond donors (Lipinski definition) is 2. The fourth-order valence-corrected chi connectivity index (χ4v) is 3.89. The number of carbonyl (C=O) groups is 2. The van der Waals surface area contributed by atoms with Crippen LogP contribution in [0.4, 0.5) is 10.6 Å². The molecule has 1 unspecified atom stereocenters. The van der Waals surface area contributed by atoms with Crippen molar-refractivity contribution < 1.29 is 28.9 Å². The molecule has 208 valence electrons. The van der Waals surface area contributed by atoms with Crippen LogP contribution in [0.3, 0.4) is 0 Å². The van der Waals surface area contributed by atoms with Gasteiger partial charge in [-0.2, -0.15) is 4.98 Å². The van der Waals surface area contributed by atoms with Crippen molar-refractivity contribution in [1.29, 1.82) is 0 Å². The van der Waals surface area contributed by atoms with E-state index in [-0.39, 0.29) is 36.9 Å². The third kappa shape index (κ3) is 8.93. The van der Waals surface area contributed by atoms with Gasteiger partial charge in [0.05, 0.1) is 13.2 Å². The van der Waals surface area contributed by atoms with Crippen LogP contribution < -0.4 is 11.0 Å². The van der Waals surface area contributed by atoms with Crippen molar-refractivity contribution in [1.82, 2.24) is 14.5 Å². The molecule has 0 bridgehead atoms. The summed E-state index contributed by atoms with van der Waals surface area (Å²) >= 11 is 0. The summed E-state index contributed by atoms with van der Waals surface area (Å²) in [6, 6.07) is 11.3. The molecule has 0 radical (unpaired) electrons. The second-order valence-electron chi connectivity index (χ2n) is 10.3. The lowest BCUT2D eigenvalue weighted by Gasteiger charge is -2.27. The zero-order chi connectivity index (χ0) is 27.7. The van der Waals surface area contributed by atoms with E-state index in [0.717, 1.165) is 12.0 Å². The Bertz CT molecular complexity index is 1120. The third-order valence-corrected chi connectivity index (χ3v) is 5.90. The van der Waals surface area contributed by atoms with Gasteiger partial charge in [0.1, 0.15) is 11.4 Å². The highest BCUT2D eigenvalue weighted by atomic mass is 16.7. The van der Waals surface area contributed by atoms with Crippen LogP contribution in [0.25, 0.3) is 0 Å². The van der Waals surface area contributed by atoms with Crippen LogP contribution in [0, 0.1) is 5.92 Å². The van der Waals surface area contributed by atoms with Crippen molar-refractivity contribution in [2.45, 2.75) is 71.6 Å². The first kappa shape index (κ1) is 29.3. The average Bonchev–Trinajstić information content (AvgIpc) is 3.34. The molecular formula is C27H38N4O7. The van der Waals surface area contributed by atoms with E-state index < -0.39 is 23.8 Å². The second kappa shape index (κ2) is 13.5. The summed E-state index contributed by atoms with van der Waals surface area (Å²) in [5.74, 6) is -0.413. The van der Waals surface area contributed by atoms with Gasteiger partial charge < -0.3 is 29.5 Å². The van der Waals surface area contributed by atoms with Crippen LogP contribution in [0.5, 0.6) is 0 Å². The molecule has 1 aliphatic rings. The van der Waals surface area contributed by atoms with E-state index in [4.69, 9.17) is 19.3 Å². The molecular weight excluding hydrogens is 492 g/mol.